The fourth-order valence-electron chi connectivity index (χ4n) is 3.57. The topological polar surface area (TPSA) is 71.4 Å². The van der Waals surface area contributed by atoms with Gasteiger partial charge in [0.2, 0.25) is 5.91 Å². The summed E-state index contributed by atoms with van der Waals surface area (Å²) in [5, 5.41) is 3.39. The summed E-state index contributed by atoms with van der Waals surface area (Å²) in [5.74, 6) is -0.167. The fourth-order valence-corrected chi connectivity index (χ4v) is 3.76. The van der Waals surface area contributed by atoms with Crippen molar-refractivity contribution in [2.45, 2.75) is 6.42 Å². The van der Waals surface area contributed by atoms with Crippen molar-refractivity contribution in [3.8, 4) is 5.69 Å². The number of hydrogen-bond donors (Lipinski definition) is 1. The zero-order chi connectivity index (χ0) is 21.1. The third-order valence-corrected chi connectivity index (χ3v) is 5.34. The van der Waals surface area contributed by atoms with E-state index in [4.69, 9.17) is 11.6 Å². The quantitative estimate of drug-likeness (QED) is 0.687. The second kappa shape index (κ2) is 8.55. The number of benzene rings is 2. The molecule has 1 fully saturated rings. The molecule has 1 aromatic heterocycles. The highest BCUT2D eigenvalue weighted by atomic mass is 35.5. The first-order valence-electron chi connectivity index (χ1n) is 9.63. The van der Waals surface area contributed by atoms with Crippen LogP contribution in [0.15, 0.2) is 77.7 Å². The summed E-state index contributed by atoms with van der Waals surface area (Å²) in [5.41, 5.74) is 1.89. The van der Waals surface area contributed by atoms with Crippen LogP contribution in [0.5, 0.6) is 0 Å². The van der Waals surface area contributed by atoms with E-state index in [0.29, 0.717) is 30.1 Å². The molecule has 1 N–H and O–H groups in total. The van der Waals surface area contributed by atoms with Crippen molar-refractivity contribution in [1.29, 1.82) is 0 Å². The molecule has 7 heteroatoms. The summed E-state index contributed by atoms with van der Waals surface area (Å²) in [6.07, 6.45) is 2.08. The van der Waals surface area contributed by atoms with Gasteiger partial charge in [-0.25, -0.2) is 0 Å². The van der Waals surface area contributed by atoms with Crippen molar-refractivity contribution in [2.75, 3.05) is 18.0 Å². The van der Waals surface area contributed by atoms with Gasteiger partial charge in [-0.15, -0.1) is 0 Å². The third-order valence-electron chi connectivity index (χ3n) is 5.11. The van der Waals surface area contributed by atoms with E-state index < -0.39 is 0 Å². The molecular weight excluding hydrogens is 402 g/mol. The molecule has 30 heavy (non-hydrogen) atoms. The number of hydrogen-bond acceptors (Lipinski definition) is 3. The van der Waals surface area contributed by atoms with E-state index in [9.17, 15) is 14.4 Å². The van der Waals surface area contributed by atoms with Crippen molar-refractivity contribution in [2.24, 2.45) is 5.92 Å². The number of aromatic nitrogens is 1. The Kier molecular flexibility index (Phi) is 5.68. The van der Waals surface area contributed by atoms with Crippen LogP contribution in [0.1, 0.15) is 16.8 Å². The Bertz CT molecular complexity index is 1140. The molecule has 1 atom stereocenters. The lowest BCUT2D eigenvalue weighted by molar-refractivity contribution is -0.117. The number of carbonyl (C=O) groups is 2. The minimum absolute atomic E-state index is 0.0154. The van der Waals surface area contributed by atoms with E-state index in [2.05, 4.69) is 5.32 Å². The zero-order valence-corrected chi connectivity index (χ0v) is 16.9. The van der Waals surface area contributed by atoms with Gasteiger partial charge in [0.15, 0.2) is 0 Å². The van der Waals surface area contributed by atoms with Gasteiger partial charge in [0.05, 0.1) is 0 Å². The van der Waals surface area contributed by atoms with E-state index in [0.717, 1.165) is 11.4 Å². The first-order valence-corrected chi connectivity index (χ1v) is 10.0. The number of nitrogens with zero attached hydrogens (tertiary/aromatic N) is 2. The van der Waals surface area contributed by atoms with Crippen molar-refractivity contribution >= 4 is 29.1 Å². The van der Waals surface area contributed by atoms with Crippen molar-refractivity contribution in [3.63, 3.8) is 0 Å². The lowest BCUT2D eigenvalue weighted by Gasteiger charge is -2.18. The zero-order valence-electron chi connectivity index (χ0n) is 16.1. The monoisotopic (exact) mass is 421 g/mol. The number of halogens is 1. The molecule has 152 valence electrons. The van der Waals surface area contributed by atoms with E-state index >= 15 is 0 Å². The number of amides is 2. The molecule has 3 aromatic rings. The van der Waals surface area contributed by atoms with E-state index in [1.165, 1.54) is 6.07 Å². The van der Waals surface area contributed by atoms with Gasteiger partial charge in [-0.05, 0) is 48.5 Å². The number of anilines is 1. The number of nitrogens with one attached hydrogen (secondary N) is 1. The second-order valence-electron chi connectivity index (χ2n) is 7.22. The molecule has 1 unspecified atom stereocenters. The lowest BCUT2D eigenvalue weighted by Crippen LogP contribution is -2.31. The highest BCUT2D eigenvalue weighted by Gasteiger charge is 2.30. The van der Waals surface area contributed by atoms with Gasteiger partial charge in [-0.2, -0.15) is 0 Å². The molecule has 0 spiro atoms. The van der Waals surface area contributed by atoms with Gasteiger partial charge in [0.25, 0.3) is 11.5 Å². The van der Waals surface area contributed by atoms with Gasteiger partial charge < -0.3 is 10.2 Å². The molecular formula is C23H20ClN3O3. The molecule has 1 saturated heterocycles. The van der Waals surface area contributed by atoms with Crippen LogP contribution in [-0.2, 0) is 4.79 Å². The van der Waals surface area contributed by atoms with Crippen LogP contribution in [0.4, 0.5) is 5.69 Å². The van der Waals surface area contributed by atoms with Crippen molar-refractivity contribution in [1.82, 2.24) is 9.88 Å². The summed E-state index contributed by atoms with van der Waals surface area (Å²) >= 11 is 5.93. The Hall–Kier alpha value is -3.38. The van der Waals surface area contributed by atoms with Crippen LogP contribution in [0, 0.1) is 5.92 Å². The molecule has 0 aliphatic carbocycles. The van der Waals surface area contributed by atoms with Gasteiger partial charge in [-0.1, -0.05) is 23.7 Å². The summed E-state index contributed by atoms with van der Waals surface area (Å²) in [7, 11) is 0. The summed E-state index contributed by atoms with van der Waals surface area (Å²) in [6.45, 7) is 0.935. The van der Waals surface area contributed by atoms with Crippen LogP contribution in [0.3, 0.4) is 0 Å². The highest BCUT2D eigenvalue weighted by Crippen LogP contribution is 2.25. The van der Waals surface area contributed by atoms with Gasteiger partial charge in [0, 0.05) is 59.7 Å². The third kappa shape index (κ3) is 4.28. The molecule has 2 aromatic carbocycles. The fraction of sp³-hybridized carbons (Fsp3) is 0.174. The van der Waals surface area contributed by atoms with E-state index in [-0.39, 0.29) is 23.3 Å². The Morgan fingerprint density at radius 1 is 1.00 bits per heavy atom. The largest absolute Gasteiger partial charge is 0.352 e. The number of carbonyl (C=O) groups excluding carboxylic acids is 2. The van der Waals surface area contributed by atoms with Crippen LogP contribution in [-0.4, -0.2) is 29.5 Å². The number of pyridine rings is 1. The predicted octanol–water partition coefficient (Wildman–Crippen LogP) is 3.27. The molecule has 6 nitrogen and oxygen atoms in total. The van der Waals surface area contributed by atoms with Crippen LogP contribution in [0.2, 0.25) is 5.02 Å². The summed E-state index contributed by atoms with van der Waals surface area (Å²) < 4.78 is 1.55. The average Bonchev–Trinajstić information content (AvgIpc) is 3.13. The predicted molar refractivity (Wildman–Crippen MR) is 116 cm³/mol. The molecule has 4 rings (SSSR count). The first kappa shape index (κ1) is 19.9. The van der Waals surface area contributed by atoms with Gasteiger partial charge in [0.1, 0.15) is 0 Å². The smallest absolute Gasteiger partial charge is 0.255 e. The Labute approximate surface area is 178 Å². The maximum absolute atomic E-state index is 12.5. The minimum atomic E-state index is -0.207. The Morgan fingerprint density at radius 3 is 2.50 bits per heavy atom. The molecule has 1 aliphatic rings. The Balaban J connectivity index is 1.39. The molecule has 1 aliphatic heterocycles. The maximum atomic E-state index is 12.5. The Morgan fingerprint density at radius 2 is 1.77 bits per heavy atom. The molecule has 2 amide bonds. The first-order chi connectivity index (χ1) is 14.5. The average molecular weight is 422 g/mol. The van der Waals surface area contributed by atoms with Crippen molar-refractivity contribution in [3.05, 3.63) is 93.9 Å². The molecule has 2 heterocycles. The maximum Gasteiger partial charge on any atom is 0.255 e. The summed E-state index contributed by atoms with van der Waals surface area (Å²) in [6, 6.07) is 19.0. The van der Waals surface area contributed by atoms with Crippen molar-refractivity contribution < 1.29 is 9.59 Å². The lowest BCUT2D eigenvalue weighted by atomic mass is 10.1. The molecule has 0 bridgehead atoms. The highest BCUT2D eigenvalue weighted by molar-refractivity contribution is 6.30. The standard InChI is InChI=1S/C23H20ClN3O3/c24-18-5-3-4-17(13-18)23(30)25-14-16-12-22(29)27(15-16)20-9-7-19(8-10-20)26-11-2-1-6-21(26)28/h1-11,13,16H,12,14-15H2,(H,25,30). The van der Waals surface area contributed by atoms with E-state index in [1.54, 1.807) is 52.1 Å². The van der Waals surface area contributed by atoms with Gasteiger partial charge >= 0.3 is 0 Å². The number of rotatable bonds is 5. The van der Waals surface area contributed by atoms with Crippen LogP contribution in [0.25, 0.3) is 5.69 Å². The SMILES string of the molecule is O=C(NCC1CC(=O)N(c2ccc(-n3ccccc3=O)cc2)C1)c1cccc(Cl)c1. The normalized spacial score (nSPS) is 16.0. The van der Waals surface area contributed by atoms with Gasteiger partial charge in [-0.3, -0.25) is 19.0 Å². The molecule has 0 saturated carbocycles. The van der Waals surface area contributed by atoms with E-state index in [1.807, 2.05) is 24.3 Å². The van der Waals surface area contributed by atoms with Crippen LogP contribution >= 0.6 is 11.6 Å². The molecule has 0 radical (unpaired) electrons. The van der Waals surface area contributed by atoms with Crippen LogP contribution < -0.4 is 15.8 Å². The summed E-state index contributed by atoms with van der Waals surface area (Å²) in [4.78, 5) is 38.5. The second-order valence-corrected chi connectivity index (χ2v) is 7.66. The minimum Gasteiger partial charge on any atom is -0.352 e.